The van der Waals surface area contributed by atoms with Crippen LogP contribution < -0.4 is 15.0 Å². The van der Waals surface area contributed by atoms with Gasteiger partial charge in [-0.25, -0.2) is 14.0 Å². The fourth-order valence-electron chi connectivity index (χ4n) is 4.96. The van der Waals surface area contributed by atoms with Gasteiger partial charge in [0, 0.05) is 54.5 Å². The summed E-state index contributed by atoms with van der Waals surface area (Å²) in [5, 5.41) is 35.2. The van der Waals surface area contributed by atoms with Gasteiger partial charge in [0.25, 0.3) is 5.91 Å². The first-order valence-electron chi connectivity index (χ1n) is 15.0. The van der Waals surface area contributed by atoms with Crippen molar-refractivity contribution in [2.24, 2.45) is 5.92 Å². The molecule has 13 nitrogen and oxygen atoms in total. The third-order valence-corrected chi connectivity index (χ3v) is 7.59. The molecule has 0 saturated carbocycles. The van der Waals surface area contributed by atoms with E-state index < -0.39 is 24.1 Å². The van der Waals surface area contributed by atoms with Crippen molar-refractivity contribution in [2.75, 3.05) is 43.5 Å². The molecule has 14 heteroatoms. The number of aliphatic hydroxyl groups excluding tert-OH is 2. The van der Waals surface area contributed by atoms with Crippen molar-refractivity contribution in [3.05, 3.63) is 89.7 Å². The minimum Gasteiger partial charge on any atom is -0.497 e. The molecule has 5 N–H and O–H groups in total. The van der Waals surface area contributed by atoms with Crippen molar-refractivity contribution in [3.8, 4) is 5.75 Å². The molecule has 1 aliphatic heterocycles. The lowest BCUT2D eigenvalue weighted by Gasteiger charge is -2.33. The number of carboxylic acids is 2. The van der Waals surface area contributed by atoms with E-state index in [1.807, 2.05) is 24.3 Å². The van der Waals surface area contributed by atoms with Crippen LogP contribution in [0.4, 0.5) is 15.8 Å². The molecule has 0 radical (unpaired) electrons. The molecule has 1 saturated heterocycles. The second kappa shape index (κ2) is 17.7. The SMILES string of the molecule is COc1cccc(N(CCN2CCC(C(=O)c3ccc(F)cc3)CC2)C(=O)c2ccc(NC(C)=O)cc2)c1.O=C(O)C(O)C(O)C(=O)O. The number of ketones is 1. The van der Waals surface area contributed by atoms with Crippen LogP contribution in [0.3, 0.4) is 0 Å². The van der Waals surface area contributed by atoms with Crippen molar-refractivity contribution in [3.63, 3.8) is 0 Å². The van der Waals surface area contributed by atoms with Crippen LogP contribution in [0.1, 0.15) is 40.5 Å². The van der Waals surface area contributed by atoms with Crippen molar-refractivity contribution in [1.82, 2.24) is 4.90 Å². The first-order valence-corrected chi connectivity index (χ1v) is 15.0. The zero-order valence-electron chi connectivity index (χ0n) is 26.4. The molecule has 0 aromatic heterocycles. The molecule has 3 aromatic carbocycles. The molecule has 48 heavy (non-hydrogen) atoms. The Bertz CT molecular complexity index is 1560. The highest BCUT2D eigenvalue weighted by Gasteiger charge is 2.29. The molecule has 2 atom stereocenters. The Morgan fingerprint density at radius 2 is 1.46 bits per heavy atom. The summed E-state index contributed by atoms with van der Waals surface area (Å²) in [4.78, 5) is 61.3. The Hall–Kier alpha value is -5.18. The van der Waals surface area contributed by atoms with Gasteiger partial charge in [-0.15, -0.1) is 0 Å². The van der Waals surface area contributed by atoms with Gasteiger partial charge in [0.15, 0.2) is 18.0 Å². The number of nitrogens with one attached hydrogen (secondary N) is 1. The van der Waals surface area contributed by atoms with Crippen LogP contribution in [0.5, 0.6) is 5.75 Å². The second-order valence-corrected chi connectivity index (χ2v) is 11.0. The molecule has 0 bridgehead atoms. The van der Waals surface area contributed by atoms with Gasteiger partial charge in [0.2, 0.25) is 5.91 Å². The molecule has 3 aromatic rings. The Morgan fingerprint density at radius 3 is 1.98 bits per heavy atom. The number of Topliss-reactive ketones (excluding diaryl/α,β-unsaturated/α-hetero) is 1. The lowest BCUT2D eigenvalue weighted by Crippen LogP contribution is -2.42. The largest absolute Gasteiger partial charge is 0.497 e. The Kier molecular flexibility index (Phi) is 13.7. The number of likely N-dealkylation sites (tertiary alicyclic amines) is 1. The molecular weight excluding hydrogens is 629 g/mol. The lowest BCUT2D eigenvalue weighted by molar-refractivity contribution is -0.165. The number of methoxy groups -OCH3 is 1. The third-order valence-electron chi connectivity index (χ3n) is 7.59. The molecule has 2 amide bonds. The zero-order valence-corrected chi connectivity index (χ0v) is 26.4. The fraction of sp³-hybridized carbons (Fsp3) is 0.324. The monoisotopic (exact) mass is 667 g/mol. The van der Waals surface area contributed by atoms with Gasteiger partial charge in [0.05, 0.1) is 7.11 Å². The first-order chi connectivity index (χ1) is 22.8. The molecule has 1 aliphatic rings. The van der Waals surface area contributed by atoms with E-state index in [1.54, 1.807) is 48.4 Å². The Morgan fingerprint density at radius 1 is 0.896 bits per heavy atom. The average Bonchev–Trinajstić information content (AvgIpc) is 3.08. The predicted octanol–water partition coefficient (Wildman–Crippen LogP) is 2.91. The molecule has 256 valence electrons. The van der Waals surface area contributed by atoms with Gasteiger partial charge in [-0.1, -0.05) is 6.07 Å². The van der Waals surface area contributed by atoms with E-state index >= 15 is 0 Å². The summed E-state index contributed by atoms with van der Waals surface area (Å²) in [5.41, 5.74) is 2.40. The predicted molar refractivity (Wildman–Crippen MR) is 173 cm³/mol. The number of benzene rings is 3. The molecule has 4 rings (SSSR count). The van der Waals surface area contributed by atoms with Gasteiger partial charge in [-0.05, 0) is 86.6 Å². The number of aliphatic hydroxyl groups is 2. The fourth-order valence-corrected chi connectivity index (χ4v) is 4.96. The smallest absolute Gasteiger partial charge is 0.335 e. The highest BCUT2D eigenvalue weighted by Crippen LogP contribution is 2.25. The number of carbonyl (C=O) groups excluding carboxylic acids is 3. The number of piperidine rings is 1. The summed E-state index contributed by atoms with van der Waals surface area (Å²) < 4.78 is 18.6. The Labute approximate surface area is 276 Å². The average molecular weight is 668 g/mol. The van der Waals surface area contributed by atoms with Gasteiger partial charge in [-0.2, -0.15) is 0 Å². The van der Waals surface area contributed by atoms with Gasteiger partial charge in [0.1, 0.15) is 11.6 Å². The minimum absolute atomic E-state index is 0.0561. The number of carboxylic acid groups (broad SMARTS) is 2. The van der Waals surface area contributed by atoms with Crippen molar-refractivity contribution in [2.45, 2.75) is 32.0 Å². The molecular formula is C34H38FN3O10. The topological polar surface area (TPSA) is 194 Å². The highest BCUT2D eigenvalue weighted by atomic mass is 19.1. The molecule has 0 spiro atoms. The number of rotatable bonds is 12. The maximum Gasteiger partial charge on any atom is 0.335 e. The number of carbonyl (C=O) groups is 5. The number of ether oxygens (including phenoxy) is 1. The summed E-state index contributed by atoms with van der Waals surface area (Å²) in [6.45, 7) is 4.01. The third kappa shape index (κ3) is 10.7. The maximum atomic E-state index is 13.6. The highest BCUT2D eigenvalue weighted by molar-refractivity contribution is 6.06. The lowest BCUT2D eigenvalue weighted by atomic mass is 9.89. The van der Waals surface area contributed by atoms with E-state index in [1.165, 1.54) is 19.1 Å². The molecule has 1 heterocycles. The minimum atomic E-state index is -2.27. The van der Waals surface area contributed by atoms with Crippen LogP contribution in [0.2, 0.25) is 0 Å². The number of amides is 2. The summed E-state index contributed by atoms with van der Waals surface area (Å²) >= 11 is 0. The molecule has 0 aliphatic carbocycles. The summed E-state index contributed by atoms with van der Waals surface area (Å²) in [7, 11) is 1.59. The zero-order chi connectivity index (χ0) is 35.4. The van der Waals surface area contributed by atoms with Crippen LogP contribution in [-0.4, -0.2) is 100 Å². The van der Waals surface area contributed by atoms with Crippen LogP contribution >= 0.6 is 0 Å². The first kappa shape index (κ1) is 37.3. The number of halogens is 1. The number of aliphatic carboxylic acids is 2. The summed E-state index contributed by atoms with van der Waals surface area (Å²) in [6, 6.07) is 19.9. The summed E-state index contributed by atoms with van der Waals surface area (Å²) in [5.74, 6) is -3.60. The maximum absolute atomic E-state index is 13.6. The molecule has 1 fully saturated rings. The van der Waals surface area contributed by atoms with Crippen molar-refractivity contribution in [1.29, 1.82) is 0 Å². The normalized spacial score (nSPS) is 14.4. The van der Waals surface area contributed by atoms with Gasteiger partial charge < -0.3 is 40.3 Å². The van der Waals surface area contributed by atoms with E-state index in [0.29, 0.717) is 48.5 Å². The standard InChI is InChI=1S/C30H32FN3O4.C4H6O6/c1-21(35)32-26-12-8-24(9-13-26)30(37)34(27-4-3-5-28(20-27)38-2)19-18-33-16-14-23(15-17-33)29(36)22-6-10-25(31)11-7-22;5-1(3(7)8)2(6)4(9)10/h3-13,20,23H,14-19H2,1-2H3,(H,32,35);1-2,5-6H,(H,7,8)(H,9,10). The van der Waals surface area contributed by atoms with Crippen molar-refractivity contribution >= 4 is 40.9 Å². The molecule has 2 unspecified atom stereocenters. The quantitative estimate of drug-likeness (QED) is 0.178. The second-order valence-electron chi connectivity index (χ2n) is 11.0. The van der Waals surface area contributed by atoms with Crippen LogP contribution in [0, 0.1) is 11.7 Å². The Balaban J connectivity index is 0.000000542. The number of nitrogens with zero attached hydrogens (tertiary/aromatic N) is 2. The van der Waals surface area contributed by atoms with E-state index in [9.17, 15) is 28.4 Å². The van der Waals surface area contributed by atoms with E-state index in [0.717, 1.165) is 18.8 Å². The van der Waals surface area contributed by atoms with Gasteiger partial charge in [-0.3, -0.25) is 14.4 Å². The van der Waals surface area contributed by atoms with E-state index in [4.69, 9.17) is 25.2 Å². The number of hydrogen-bond acceptors (Lipinski definition) is 9. The summed E-state index contributed by atoms with van der Waals surface area (Å²) in [6.07, 6.45) is -3.10. The van der Waals surface area contributed by atoms with Crippen molar-refractivity contribution < 1.29 is 53.5 Å². The number of hydrogen-bond donors (Lipinski definition) is 5. The van der Waals surface area contributed by atoms with E-state index in [2.05, 4.69) is 10.2 Å². The van der Waals surface area contributed by atoms with Gasteiger partial charge >= 0.3 is 11.9 Å². The number of anilines is 2. The van der Waals surface area contributed by atoms with E-state index in [-0.39, 0.29) is 29.3 Å². The van der Waals surface area contributed by atoms with Crippen LogP contribution in [0.25, 0.3) is 0 Å². The van der Waals surface area contributed by atoms with Crippen LogP contribution in [0.15, 0.2) is 72.8 Å². The van der Waals surface area contributed by atoms with Crippen LogP contribution in [-0.2, 0) is 14.4 Å².